The molecule has 0 aromatic heterocycles. The van der Waals surface area contributed by atoms with Crippen molar-refractivity contribution in [1.82, 2.24) is 0 Å². The van der Waals surface area contributed by atoms with Crippen LogP contribution in [-0.2, 0) is 31.2 Å². The Labute approximate surface area is 229 Å². The van der Waals surface area contributed by atoms with E-state index in [0.29, 0.717) is 13.7 Å². The quantitative estimate of drug-likeness (QED) is 0.312. The molecule has 0 radical (unpaired) electrons. The Kier molecular flexibility index (Phi) is 7.27. The molecule has 0 N–H and O–H groups in total. The van der Waals surface area contributed by atoms with E-state index in [1.807, 2.05) is 3.28 Å². The Balaban J connectivity index is 2.14. The summed E-state index contributed by atoms with van der Waals surface area (Å²) in [6, 6.07) is 15.0. The number of fused-ring (bicyclic) bond motifs is 3. The summed E-state index contributed by atoms with van der Waals surface area (Å²) >= 11 is -2.25. The zero-order valence-corrected chi connectivity index (χ0v) is 28.4. The fourth-order valence-electron chi connectivity index (χ4n) is 6.58. The summed E-state index contributed by atoms with van der Waals surface area (Å²) in [6.45, 7) is 29.6. The van der Waals surface area contributed by atoms with Gasteiger partial charge in [-0.3, -0.25) is 0 Å². The van der Waals surface area contributed by atoms with Gasteiger partial charge in [0, 0.05) is 0 Å². The number of rotatable bonds is 2. The van der Waals surface area contributed by atoms with Gasteiger partial charge < -0.3 is 0 Å². The van der Waals surface area contributed by atoms with Crippen LogP contribution in [0, 0.1) is 0 Å². The summed E-state index contributed by atoms with van der Waals surface area (Å²) in [6.07, 6.45) is 8.52. The minimum atomic E-state index is -2.25. The van der Waals surface area contributed by atoms with Crippen LogP contribution in [0.25, 0.3) is 11.1 Å². The molecule has 0 spiro atoms. The molecule has 0 nitrogen and oxygen atoms in total. The van der Waals surface area contributed by atoms with Gasteiger partial charge in [-0.15, -0.1) is 0 Å². The van der Waals surface area contributed by atoms with Crippen molar-refractivity contribution in [3.63, 3.8) is 0 Å². The molecule has 0 fully saturated rings. The van der Waals surface area contributed by atoms with Gasteiger partial charge in [0.25, 0.3) is 0 Å². The fraction of sp³-hybridized carbons (Fsp3) is 0.529. The van der Waals surface area contributed by atoms with E-state index in [2.05, 4.69) is 138 Å². The van der Waals surface area contributed by atoms with Crippen LogP contribution in [0.1, 0.15) is 115 Å². The van der Waals surface area contributed by atoms with E-state index < -0.39 is 25.8 Å². The summed E-state index contributed by atoms with van der Waals surface area (Å²) in [4.78, 5) is 0. The second kappa shape index (κ2) is 9.34. The minimum absolute atomic E-state index is 0.157. The maximum atomic E-state index is 2.63. The molecule has 192 valence electrons. The van der Waals surface area contributed by atoms with Crippen molar-refractivity contribution in [2.24, 2.45) is 0 Å². The zero-order valence-electron chi connectivity index (χ0n) is 25.0. The van der Waals surface area contributed by atoms with Crippen LogP contribution < -0.4 is 0 Å². The van der Waals surface area contributed by atoms with Gasteiger partial charge in [-0.05, 0) is 0 Å². The third-order valence-corrected chi connectivity index (χ3v) is 35.7. The van der Waals surface area contributed by atoms with Gasteiger partial charge in [0.05, 0.1) is 0 Å². The first-order valence-electron chi connectivity index (χ1n) is 13.8. The first-order chi connectivity index (χ1) is 16.4. The molecule has 2 aliphatic rings. The van der Waals surface area contributed by atoms with Gasteiger partial charge in [0.2, 0.25) is 0 Å². The third-order valence-electron chi connectivity index (χ3n) is 7.92. The van der Waals surface area contributed by atoms with Crippen molar-refractivity contribution < 1.29 is 20.4 Å². The van der Waals surface area contributed by atoms with Gasteiger partial charge in [0.1, 0.15) is 0 Å². The number of allylic oxidation sites excluding steroid dienone is 4. The summed E-state index contributed by atoms with van der Waals surface area (Å²) in [7, 11) is 0. The normalized spacial score (nSPS) is 16.2. The van der Waals surface area contributed by atoms with Crippen LogP contribution in [0.3, 0.4) is 0 Å². The Morgan fingerprint density at radius 2 is 1.11 bits per heavy atom. The molecule has 0 saturated heterocycles. The van der Waals surface area contributed by atoms with Crippen LogP contribution in [0.15, 0.2) is 57.9 Å². The molecule has 0 aliphatic heterocycles. The van der Waals surface area contributed by atoms with Crippen molar-refractivity contribution in [1.29, 1.82) is 0 Å². The van der Waals surface area contributed by atoms with Gasteiger partial charge in [-0.25, -0.2) is 0 Å². The van der Waals surface area contributed by atoms with Gasteiger partial charge in [0.15, 0.2) is 0 Å². The average Bonchev–Trinajstić information content (AvgIpc) is 3.34. The van der Waals surface area contributed by atoms with Gasteiger partial charge >= 0.3 is 231 Å². The first kappa shape index (κ1) is 28.0. The monoisotopic (exact) mass is 574 g/mol. The molecule has 2 heteroatoms. The average molecular weight is 576 g/mol. The summed E-state index contributed by atoms with van der Waals surface area (Å²) < 4.78 is 2.46. The van der Waals surface area contributed by atoms with Gasteiger partial charge in [-0.1, -0.05) is 0 Å². The molecule has 0 bridgehead atoms. The van der Waals surface area contributed by atoms with E-state index in [4.69, 9.17) is 0 Å². The van der Waals surface area contributed by atoms with Crippen LogP contribution in [0.5, 0.6) is 0 Å². The summed E-state index contributed by atoms with van der Waals surface area (Å²) in [5.74, 6) is 0. The summed E-state index contributed by atoms with van der Waals surface area (Å²) in [5, 5.41) is 0.737. The van der Waals surface area contributed by atoms with Crippen LogP contribution >= 0.6 is 0 Å². The van der Waals surface area contributed by atoms with E-state index in [9.17, 15) is 0 Å². The molecular formula is C34H48SiZr. The molecule has 2 aromatic carbocycles. The molecule has 2 aromatic rings. The molecule has 0 unspecified atom stereocenters. The first-order valence-corrected chi connectivity index (χ1v) is 21.6. The van der Waals surface area contributed by atoms with E-state index >= 15 is 0 Å². The molecular weight excluding hydrogens is 528 g/mol. The molecule has 4 rings (SSSR count). The van der Waals surface area contributed by atoms with Crippen LogP contribution in [-0.4, -0.2) is 5.43 Å². The molecule has 0 atom stereocenters. The Bertz CT molecular complexity index is 1190. The molecule has 36 heavy (non-hydrogen) atoms. The number of hydrogen-bond acceptors (Lipinski definition) is 0. The standard InChI is InChI=1S/C21H25.C8H18Si.C5H5.Zr/c1-20(2,3)16-7-9-18-14(12-16)11-15-13-17(21(4,5)6)8-10-19(15)18;1-7(2,3)9-8(4,5)6;1-2-4-5-3-1;/h7-13H,1-6H3;1-6H3;1-3H,4H2;. The van der Waals surface area contributed by atoms with Crippen molar-refractivity contribution in [2.75, 3.05) is 0 Å². The second-order valence-corrected chi connectivity index (χ2v) is 30.8. The molecule has 0 saturated carbocycles. The zero-order chi connectivity index (χ0) is 26.8. The molecule has 2 aliphatic carbocycles. The second-order valence-electron chi connectivity index (χ2n) is 15.1. The topological polar surface area (TPSA) is 0 Å². The van der Waals surface area contributed by atoms with Crippen molar-refractivity contribution >= 4 is 5.43 Å². The third kappa shape index (κ3) is 5.29. The predicted octanol–water partition coefficient (Wildman–Crippen LogP) is 10.4. The van der Waals surface area contributed by atoms with E-state index in [0.717, 1.165) is 0 Å². The molecule has 0 amide bonds. The van der Waals surface area contributed by atoms with E-state index in [1.54, 1.807) is 11.1 Å². The van der Waals surface area contributed by atoms with E-state index in [-0.39, 0.29) is 10.8 Å². The van der Waals surface area contributed by atoms with Gasteiger partial charge in [-0.2, -0.15) is 0 Å². The number of benzene rings is 2. The Morgan fingerprint density at radius 3 is 1.44 bits per heavy atom. The van der Waals surface area contributed by atoms with Crippen LogP contribution in [0.4, 0.5) is 0 Å². The molecule has 0 heterocycles. The van der Waals surface area contributed by atoms with Crippen molar-refractivity contribution in [3.05, 3.63) is 80.2 Å². The van der Waals surface area contributed by atoms with Crippen molar-refractivity contribution in [2.45, 2.75) is 114 Å². The van der Waals surface area contributed by atoms with Crippen LogP contribution in [0.2, 0.25) is 10.1 Å². The summed E-state index contributed by atoms with van der Waals surface area (Å²) in [5.41, 5.74) is 8.94. The Hall–Kier alpha value is -0.980. The fourth-order valence-corrected chi connectivity index (χ4v) is 35.5. The maximum absolute atomic E-state index is 2.63. The Morgan fingerprint density at radius 1 is 0.667 bits per heavy atom. The predicted molar refractivity (Wildman–Crippen MR) is 158 cm³/mol. The number of hydrogen-bond donors (Lipinski definition) is 0. The van der Waals surface area contributed by atoms with Crippen molar-refractivity contribution in [3.8, 4) is 11.1 Å². The SMILES string of the molecule is CC(C)(C)c1ccc2c(c1)[CH]([Zr]([C]1=CC=CC1)=[Si](C(C)(C)C)C(C)(C)C)c1cc(C(C)(C)C)ccc1-2. The van der Waals surface area contributed by atoms with E-state index in [1.165, 1.54) is 28.7 Å².